The van der Waals surface area contributed by atoms with Crippen molar-refractivity contribution in [3.05, 3.63) is 47.8 Å². The molecular weight excluding hydrogens is 242 g/mol. The number of nitrogens with zero attached hydrogens (tertiary/aromatic N) is 2. The van der Waals surface area contributed by atoms with Crippen molar-refractivity contribution in [1.82, 2.24) is 9.78 Å². The average Bonchev–Trinajstić information content (AvgIpc) is 2.79. The highest BCUT2D eigenvalue weighted by atomic mass is 32.2. The molecule has 2 unspecified atom stereocenters. The molecule has 2 N–H and O–H groups in total. The van der Waals surface area contributed by atoms with Gasteiger partial charge in [-0.3, -0.25) is 4.68 Å². The van der Waals surface area contributed by atoms with Gasteiger partial charge in [-0.05, 0) is 24.0 Å². The Morgan fingerprint density at radius 1 is 1.39 bits per heavy atom. The summed E-state index contributed by atoms with van der Waals surface area (Å²) < 4.78 is 1.84. The van der Waals surface area contributed by atoms with Gasteiger partial charge in [0.25, 0.3) is 0 Å². The summed E-state index contributed by atoms with van der Waals surface area (Å²) in [5.41, 5.74) is 9.12. The minimum absolute atomic E-state index is 0.125. The van der Waals surface area contributed by atoms with Gasteiger partial charge in [-0.15, -0.1) is 11.8 Å². The van der Waals surface area contributed by atoms with Crippen molar-refractivity contribution in [2.45, 2.75) is 29.0 Å². The molecule has 3 nitrogen and oxygen atoms in total. The summed E-state index contributed by atoms with van der Waals surface area (Å²) >= 11 is 1.85. The Morgan fingerprint density at radius 2 is 2.22 bits per heavy atom. The van der Waals surface area contributed by atoms with Crippen molar-refractivity contribution in [2.24, 2.45) is 12.8 Å². The van der Waals surface area contributed by atoms with E-state index in [9.17, 15) is 0 Å². The van der Waals surface area contributed by atoms with Crippen LogP contribution in [0.25, 0.3) is 0 Å². The molecule has 1 aliphatic carbocycles. The number of fused-ring (bicyclic) bond motifs is 1. The molecule has 94 valence electrons. The van der Waals surface area contributed by atoms with Crippen LogP contribution in [0.4, 0.5) is 0 Å². The van der Waals surface area contributed by atoms with Crippen molar-refractivity contribution in [3.63, 3.8) is 0 Å². The van der Waals surface area contributed by atoms with Gasteiger partial charge in [-0.2, -0.15) is 5.10 Å². The quantitative estimate of drug-likeness (QED) is 0.901. The summed E-state index contributed by atoms with van der Waals surface area (Å²) in [5, 5.41) is 4.65. The first-order valence-corrected chi connectivity index (χ1v) is 7.10. The second-order valence-electron chi connectivity index (χ2n) is 4.77. The zero-order valence-corrected chi connectivity index (χ0v) is 11.2. The fourth-order valence-corrected chi connectivity index (χ4v) is 3.73. The van der Waals surface area contributed by atoms with Crippen molar-refractivity contribution < 1.29 is 0 Å². The first kappa shape index (κ1) is 11.8. The van der Waals surface area contributed by atoms with E-state index in [1.54, 1.807) is 0 Å². The van der Waals surface area contributed by atoms with E-state index >= 15 is 0 Å². The van der Waals surface area contributed by atoms with Gasteiger partial charge in [0, 0.05) is 29.4 Å². The maximum atomic E-state index is 6.40. The predicted molar refractivity (Wildman–Crippen MR) is 74.5 cm³/mol. The first-order chi connectivity index (χ1) is 8.74. The molecule has 2 atom stereocenters. The summed E-state index contributed by atoms with van der Waals surface area (Å²) in [6, 6.07) is 8.66. The number of benzene rings is 1. The maximum Gasteiger partial charge on any atom is 0.0625 e. The number of aromatic nitrogens is 2. The highest BCUT2D eigenvalue weighted by Crippen LogP contribution is 2.38. The average molecular weight is 259 g/mol. The number of nitrogens with two attached hydrogens (primary N) is 1. The maximum absolute atomic E-state index is 6.40. The smallest absolute Gasteiger partial charge is 0.0625 e. The molecule has 0 radical (unpaired) electrons. The minimum Gasteiger partial charge on any atom is -0.323 e. The highest BCUT2D eigenvalue weighted by Gasteiger charge is 2.27. The Bertz CT molecular complexity index is 549. The molecule has 1 aromatic heterocycles. The van der Waals surface area contributed by atoms with E-state index in [2.05, 4.69) is 35.6 Å². The molecule has 3 rings (SSSR count). The molecular formula is C14H17N3S. The summed E-state index contributed by atoms with van der Waals surface area (Å²) in [5.74, 6) is 0. The predicted octanol–water partition coefficient (Wildman–Crippen LogP) is 2.53. The summed E-state index contributed by atoms with van der Waals surface area (Å²) in [6.07, 6.45) is 6.23. The lowest BCUT2D eigenvalue weighted by atomic mass is 9.88. The Balaban J connectivity index is 1.80. The van der Waals surface area contributed by atoms with Crippen molar-refractivity contribution >= 4 is 11.8 Å². The summed E-state index contributed by atoms with van der Waals surface area (Å²) in [7, 11) is 1.94. The zero-order chi connectivity index (χ0) is 12.5. The van der Waals surface area contributed by atoms with Crippen molar-refractivity contribution in [3.8, 4) is 0 Å². The third kappa shape index (κ3) is 2.18. The van der Waals surface area contributed by atoms with E-state index in [1.807, 2.05) is 29.7 Å². The molecule has 2 aromatic rings. The molecule has 0 fully saturated rings. The molecule has 0 aliphatic heterocycles. The van der Waals surface area contributed by atoms with E-state index in [0.29, 0.717) is 5.25 Å². The van der Waals surface area contributed by atoms with Crippen LogP contribution in [-0.2, 0) is 13.5 Å². The largest absolute Gasteiger partial charge is 0.323 e. The van der Waals surface area contributed by atoms with Gasteiger partial charge >= 0.3 is 0 Å². The van der Waals surface area contributed by atoms with E-state index in [1.165, 1.54) is 16.0 Å². The number of hydrogen-bond donors (Lipinski definition) is 1. The van der Waals surface area contributed by atoms with Crippen LogP contribution in [0.15, 0.2) is 41.6 Å². The van der Waals surface area contributed by atoms with Crippen LogP contribution in [0.5, 0.6) is 0 Å². The van der Waals surface area contributed by atoms with Gasteiger partial charge in [0.05, 0.1) is 6.20 Å². The second-order valence-corrected chi connectivity index (χ2v) is 6.08. The molecule has 1 heterocycles. The van der Waals surface area contributed by atoms with Crippen LogP contribution < -0.4 is 5.73 Å². The van der Waals surface area contributed by atoms with Gasteiger partial charge < -0.3 is 5.73 Å². The van der Waals surface area contributed by atoms with Crippen LogP contribution in [-0.4, -0.2) is 15.0 Å². The van der Waals surface area contributed by atoms with Crippen LogP contribution in [0.1, 0.15) is 23.6 Å². The monoisotopic (exact) mass is 259 g/mol. The summed E-state index contributed by atoms with van der Waals surface area (Å²) in [6.45, 7) is 0. The van der Waals surface area contributed by atoms with E-state index in [4.69, 9.17) is 5.73 Å². The van der Waals surface area contributed by atoms with Crippen molar-refractivity contribution in [1.29, 1.82) is 0 Å². The molecule has 0 bridgehead atoms. The fourth-order valence-electron chi connectivity index (χ4n) is 2.53. The Kier molecular flexibility index (Phi) is 3.14. The van der Waals surface area contributed by atoms with Crippen LogP contribution in [0.2, 0.25) is 0 Å². The molecule has 1 aromatic carbocycles. The molecule has 0 saturated heterocycles. The number of rotatable bonds is 2. The van der Waals surface area contributed by atoms with E-state index in [0.717, 1.165) is 12.8 Å². The van der Waals surface area contributed by atoms with Gasteiger partial charge in [0.2, 0.25) is 0 Å². The van der Waals surface area contributed by atoms with Crippen LogP contribution in [0.3, 0.4) is 0 Å². The molecule has 18 heavy (non-hydrogen) atoms. The minimum atomic E-state index is 0.125. The zero-order valence-electron chi connectivity index (χ0n) is 10.4. The molecule has 4 heteroatoms. The molecule has 1 aliphatic rings. The van der Waals surface area contributed by atoms with Crippen molar-refractivity contribution in [2.75, 3.05) is 0 Å². The number of hydrogen-bond acceptors (Lipinski definition) is 3. The molecule has 0 amide bonds. The van der Waals surface area contributed by atoms with Crippen LogP contribution in [0, 0.1) is 0 Å². The van der Waals surface area contributed by atoms with E-state index < -0.39 is 0 Å². The Morgan fingerprint density at radius 3 is 3.00 bits per heavy atom. The fraction of sp³-hybridized carbons (Fsp3) is 0.357. The standard InChI is InChI=1S/C14H17N3S/c1-17-9-11(8-16-17)18-13-7-6-10-4-2-3-5-12(10)14(13)15/h2-5,8-9,13-14H,6-7,15H2,1H3. The third-order valence-electron chi connectivity index (χ3n) is 3.48. The molecule has 0 saturated carbocycles. The van der Waals surface area contributed by atoms with E-state index in [-0.39, 0.29) is 6.04 Å². The third-order valence-corrected chi connectivity index (χ3v) is 4.80. The molecule has 0 spiro atoms. The number of thioether (sulfide) groups is 1. The Hall–Kier alpha value is -1.26. The Labute approximate surface area is 111 Å². The number of aryl methyl sites for hydroxylation is 2. The van der Waals surface area contributed by atoms with Gasteiger partial charge in [0.1, 0.15) is 0 Å². The first-order valence-electron chi connectivity index (χ1n) is 6.23. The lowest BCUT2D eigenvalue weighted by molar-refractivity contribution is 0.587. The van der Waals surface area contributed by atoms with Gasteiger partial charge in [-0.1, -0.05) is 24.3 Å². The lowest BCUT2D eigenvalue weighted by Crippen LogP contribution is -2.29. The second kappa shape index (κ2) is 4.78. The summed E-state index contributed by atoms with van der Waals surface area (Å²) in [4.78, 5) is 1.21. The lowest BCUT2D eigenvalue weighted by Gasteiger charge is -2.30. The van der Waals surface area contributed by atoms with Gasteiger partial charge in [0.15, 0.2) is 0 Å². The SMILES string of the molecule is Cn1cc(SC2CCc3ccccc3C2N)cn1. The van der Waals surface area contributed by atoms with Crippen LogP contribution >= 0.6 is 11.8 Å². The normalized spacial score (nSPS) is 22.8. The van der Waals surface area contributed by atoms with Gasteiger partial charge in [-0.25, -0.2) is 0 Å². The highest BCUT2D eigenvalue weighted by molar-refractivity contribution is 8.00. The topological polar surface area (TPSA) is 43.8 Å².